The van der Waals surface area contributed by atoms with Gasteiger partial charge < -0.3 is 10.1 Å². The highest BCUT2D eigenvalue weighted by Crippen LogP contribution is 2.56. The first-order valence-electron chi connectivity index (χ1n) is 7.16. The van der Waals surface area contributed by atoms with Crippen molar-refractivity contribution in [3.63, 3.8) is 0 Å². The highest BCUT2D eigenvalue weighted by molar-refractivity contribution is 5.27. The molecule has 0 heterocycles. The molecule has 0 aromatic heterocycles. The third-order valence-electron chi connectivity index (χ3n) is 4.76. The molecule has 2 nitrogen and oxygen atoms in total. The zero-order chi connectivity index (χ0) is 12.4. The summed E-state index contributed by atoms with van der Waals surface area (Å²) in [5.74, 6) is 0.937. The second kappa shape index (κ2) is 4.93. The Labute approximate surface area is 110 Å². The van der Waals surface area contributed by atoms with Gasteiger partial charge in [-0.05, 0) is 61.6 Å². The van der Waals surface area contributed by atoms with E-state index in [1.165, 1.54) is 44.1 Å². The third-order valence-corrected chi connectivity index (χ3v) is 4.76. The summed E-state index contributed by atoms with van der Waals surface area (Å²) < 4.78 is 5.17. The van der Waals surface area contributed by atoms with Crippen LogP contribution in [0.5, 0.6) is 5.75 Å². The molecule has 1 aromatic carbocycles. The van der Waals surface area contributed by atoms with E-state index in [0.29, 0.717) is 0 Å². The molecule has 2 fully saturated rings. The summed E-state index contributed by atoms with van der Waals surface area (Å²) in [5.41, 5.74) is 2.15. The zero-order valence-electron chi connectivity index (χ0n) is 11.2. The van der Waals surface area contributed by atoms with Crippen molar-refractivity contribution < 1.29 is 4.74 Å². The standard InChI is InChI=1S/C16H23NO/c1-18-15-4-2-13(3-5-15)12-17-14-6-8-16(9-7-14)10-11-16/h2-5,14,17H,6-12H2,1H3. The van der Waals surface area contributed by atoms with Crippen LogP contribution in [0.15, 0.2) is 24.3 Å². The van der Waals surface area contributed by atoms with E-state index in [1.807, 2.05) is 12.1 Å². The molecule has 0 amide bonds. The van der Waals surface area contributed by atoms with Crippen LogP contribution in [-0.4, -0.2) is 13.2 Å². The summed E-state index contributed by atoms with van der Waals surface area (Å²) in [6, 6.07) is 9.11. The van der Waals surface area contributed by atoms with E-state index >= 15 is 0 Å². The number of benzene rings is 1. The van der Waals surface area contributed by atoms with Gasteiger partial charge in [0.1, 0.15) is 5.75 Å². The third kappa shape index (κ3) is 2.69. The molecule has 98 valence electrons. The minimum absolute atomic E-state index is 0.735. The van der Waals surface area contributed by atoms with Gasteiger partial charge in [0.25, 0.3) is 0 Å². The highest BCUT2D eigenvalue weighted by Gasteiger charge is 2.44. The first-order valence-corrected chi connectivity index (χ1v) is 7.16. The summed E-state index contributed by atoms with van der Waals surface area (Å²) in [6.07, 6.45) is 8.64. The van der Waals surface area contributed by atoms with Gasteiger partial charge in [-0.3, -0.25) is 0 Å². The molecule has 2 saturated carbocycles. The molecular weight excluding hydrogens is 222 g/mol. The van der Waals surface area contributed by atoms with Gasteiger partial charge in [0.05, 0.1) is 7.11 Å². The number of nitrogens with one attached hydrogen (secondary N) is 1. The maximum absolute atomic E-state index is 5.17. The smallest absolute Gasteiger partial charge is 0.118 e. The maximum Gasteiger partial charge on any atom is 0.118 e. The number of ether oxygens (including phenoxy) is 1. The molecule has 0 unspecified atom stereocenters. The van der Waals surface area contributed by atoms with Crippen molar-refractivity contribution >= 4 is 0 Å². The lowest BCUT2D eigenvalue weighted by Gasteiger charge is -2.29. The van der Waals surface area contributed by atoms with Crippen LogP contribution >= 0.6 is 0 Å². The molecule has 0 radical (unpaired) electrons. The molecule has 2 aliphatic rings. The highest BCUT2D eigenvalue weighted by atomic mass is 16.5. The van der Waals surface area contributed by atoms with E-state index in [1.54, 1.807) is 7.11 Å². The van der Waals surface area contributed by atoms with E-state index in [0.717, 1.165) is 23.8 Å². The molecule has 0 bridgehead atoms. The Bertz CT molecular complexity index is 384. The second-order valence-corrected chi connectivity index (χ2v) is 6.00. The predicted molar refractivity (Wildman–Crippen MR) is 73.8 cm³/mol. The second-order valence-electron chi connectivity index (χ2n) is 6.00. The van der Waals surface area contributed by atoms with Crippen molar-refractivity contribution in [3.8, 4) is 5.75 Å². The van der Waals surface area contributed by atoms with Gasteiger partial charge in [-0.2, -0.15) is 0 Å². The summed E-state index contributed by atoms with van der Waals surface area (Å²) in [7, 11) is 1.71. The van der Waals surface area contributed by atoms with E-state index in [2.05, 4.69) is 17.4 Å². The fraction of sp³-hybridized carbons (Fsp3) is 0.625. The number of rotatable bonds is 4. The van der Waals surface area contributed by atoms with E-state index in [4.69, 9.17) is 4.74 Å². The van der Waals surface area contributed by atoms with E-state index < -0.39 is 0 Å². The Kier molecular flexibility index (Phi) is 3.29. The molecule has 0 aliphatic heterocycles. The van der Waals surface area contributed by atoms with Crippen LogP contribution in [-0.2, 0) is 6.54 Å². The Morgan fingerprint density at radius 1 is 1.11 bits per heavy atom. The molecule has 1 N–H and O–H groups in total. The molecular formula is C16H23NO. The van der Waals surface area contributed by atoms with E-state index in [-0.39, 0.29) is 0 Å². The minimum Gasteiger partial charge on any atom is -0.497 e. The molecule has 0 atom stereocenters. The zero-order valence-corrected chi connectivity index (χ0v) is 11.2. The Morgan fingerprint density at radius 3 is 2.33 bits per heavy atom. The fourth-order valence-corrected chi connectivity index (χ4v) is 3.12. The van der Waals surface area contributed by atoms with Gasteiger partial charge in [-0.1, -0.05) is 12.1 Å². The Balaban J connectivity index is 1.45. The number of hydrogen-bond acceptors (Lipinski definition) is 2. The number of methoxy groups -OCH3 is 1. The Hall–Kier alpha value is -1.02. The first kappa shape index (κ1) is 12.0. The quantitative estimate of drug-likeness (QED) is 0.876. The largest absolute Gasteiger partial charge is 0.497 e. The van der Waals surface area contributed by atoms with Gasteiger partial charge >= 0.3 is 0 Å². The Morgan fingerprint density at radius 2 is 1.78 bits per heavy atom. The minimum atomic E-state index is 0.735. The van der Waals surface area contributed by atoms with Crippen molar-refractivity contribution in [1.82, 2.24) is 5.32 Å². The molecule has 1 aromatic rings. The van der Waals surface area contributed by atoms with Crippen molar-refractivity contribution in [2.45, 2.75) is 51.1 Å². The van der Waals surface area contributed by atoms with Crippen molar-refractivity contribution in [3.05, 3.63) is 29.8 Å². The summed E-state index contributed by atoms with van der Waals surface area (Å²) in [6.45, 7) is 0.988. The topological polar surface area (TPSA) is 21.3 Å². The van der Waals surface area contributed by atoms with Crippen LogP contribution in [0.1, 0.15) is 44.1 Å². The van der Waals surface area contributed by atoms with Crippen LogP contribution < -0.4 is 10.1 Å². The van der Waals surface area contributed by atoms with Gasteiger partial charge in [0.15, 0.2) is 0 Å². The van der Waals surface area contributed by atoms with Crippen LogP contribution in [0, 0.1) is 5.41 Å². The van der Waals surface area contributed by atoms with E-state index in [9.17, 15) is 0 Å². The predicted octanol–water partition coefficient (Wildman–Crippen LogP) is 3.51. The van der Waals surface area contributed by atoms with Crippen LogP contribution in [0.4, 0.5) is 0 Å². The fourth-order valence-electron chi connectivity index (χ4n) is 3.12. The van der Waals surface area contributed by atoms with Gasteiger partial charge in [0, 0.05) is 12.6 Å². The summed E-state index contributed by atoms with van der Waals surface area (Å²) >= 11 is 0. The molecule has 2 heteroatoms. The lowest BCUT2D eigenvalue weighted by molar-refractivity contribution is 0.273. The maximum atomic E-state index is 5.17. The van der Waals surface area contributed by atoms with Crippen LogP contribution in [0.3, 0.4) is 0 Å². The molecule has 18 heavy (non-hydrogen) atoms. The first-order chi connectivity index (χ1) is 8.80. The lowest BCUT2D eigenvalue weighted by Crippen LogP contribution is -2.33. The van der Waals surface area contributed by atoms with Crippen LogP contribution in [0.25, 0.3) is 0 Å². The average Bonchev–Trinajstić information content (AvgIpc) is 3.18. The van der Waals surface area contributed by atoms with Gasteiger partial charge in [0.2, 0.25) is 0 Å². The average molecular weight is 245 g/mol. The van der Waals surface area contributed by atoms with Gasteiger partial charge in [-0.25, -0.2) is 0 Å². The van der Waals surface area contributed by atoms with Crippen molar-refractivity contribution in [2.75, 3.05) is 7.11 Å². The number of hydrogen-bond donors (Lipinski definition) is 1. The molecule has 0 saturated heterocycles. The normalized spacial score (nSPS) is 22.1. The SMILES string of the molecule is COc1ccc(CNC2CCC3(CC2)CC3)cc1. The monoisotopic (exact) mass is 245 g/mol. The van der Waals surface area contributed by atoms with Gasteiger partial charge in [-0.15, -0.1) is 0 Å². The molecule has 2 aliphatic carbocycles. The van der Waals surface area contributed by atoms with Crippen molar-refractivity contribution in [2.24, 2.45) is 5.41 Å². The van der Waals surface area contributed by atoms with Crippen LogP contribution in [0.2, 0.25) is 0 Å². The summed E-state index contributed by atoms with van der Waals surface area (Å²) in [4.78, 5) is 0. The van der Waals surface area contributed by atoms with Crippen molar-refractivity contribution in [1.29, 1.82) is 0 Å². The molecule has 1 spiro atoms. The summed E-state index contributed by atoms with van der Waals surface area (Å²) in [5, 5.41) is 3.70. The lowest BCUT2D eigenvalue weighted by atomic mass is 9.83. The molecule has 3 rings (SSSR count).